The first-order valence-corrected chi connectivity index (χ1v) is 6.50. The molecule has 0 aliphatic heterocycles. The van der Waals surface area contributed by atoms with E-state index < -0.39 is 0 Å². The predicted octanol–water partition coefficient (Wildman–Crippen LogP) is 1.96. The lowest BCUT2D eigenvalue weighted by atomic mass is 10.1. The van der Waals surface area contributed by atoms with E-state index in [2.05, 4.69) is 22.4 Å². The smallest absolute Gasteiger partial charge is 0.148 e. The Morgan fingerprint density at radius 1 is 1.38 bits per heavy atom. The molecule has 92 valence electrons. The summed E-state index contributed by atoms with van der Waals surface area (Å²) in [6.45, 7) is 8.20. The van der Waals surface area contributed by atoms with Crippen LogP contribution in [0.4, 0.5) is 0 Å². The molecular formula is C11H21N3OS. The molecule has 1 aromatic heterocycles. The van der Waals surface area contributed by atoms with Gasteiger partial charge in [0.05, 0.1) is 0 Å². The second-order valence-corrected chi connectivity index (χ2v) is 5.23. The van der Waals surface area contributed by atoms with E-state index in [9.17, 15) is 0 Å². The van der Waals surface area contributed by atoms with Crippen LogP contribution in [0.15, 0.2) is 0 Å². The van der Waals surface area contributed by atoms with Gasteiger partial charge in [0, 0.05) is 13.5 Å². The highest BCUT2D eigenvalue weighted by Gasteiger charge is 2.24. The first kappa shape index (κ1) is 13.5. The second kappa shape index (κ2) is 6.27. The van der Waals surface area contributed by atoms with Gasteiger partial charge < -0.3 is 10.1 Å². The number of aryl methyl sites for hydroxylation is 1. The highest BCUT2D eigenvalue weighted by atomic mass is 32.1. The van der Waals surface area contributed by atoms with Crippen LogP contribution in [-0.4, -0.2) is 30.4 Å². The zero-order valence-electron chi connectivity index (χ0n) is 10.5. The minimum absolute atomic E-state index is 0.322. The molecule has 0 saturated carbocycles. The fraction of sp³-hybridized carbons (Fsp3) is 0.818. The number of ether oxygens (including phenoxy) is 1. The zero-order valence-corrected chi connectivity index (χ0v) is 11.4. The molecule has 0 bridgehead atoms. The summed E-state index contributed by atoms with van der Waals surface area (Å²) in [6, 6.07) is 0. The van der Waals surface area contributed by atoms with Gasteiger partial charge in [-0.2, -0.15) is 0 Å². The summed E-state index contributed by atoms with van der Waals surface area (Å²) in [5.41, 5.74) is -0.322. The Bertz CT molecular complexity index is 312. The molecule has 0 amide bonds. The first-order chi connectivity index (χ1) is 7.60. The Labute approximate surface area is 101 Å². The van der Waals surface area contributed by atoms with Crippen LogP contribution in [0.3, 0.4) is 0 Å². The number of methoxy groups -OCH3 is 1. The van der Waals surface area contributed by atoms with Crippen LogP contribution in [0.2, 0.25) is 0 Å². The maximum Gasteiger partial charge on any atom is 0.148 e. The summed E-state index contributed by atoms with van der Waals surface area (Å²) < 4.78 is 5.38. The highest BCUT2D eigenvalue weighted by molar-refractivity contribution is 7.11. The van der Waals surface area contributed by atoms with E-state index in [1.165, 1.54) is 0 Å². The first-order valence-electron chi connectivity index (χ1n) is 5.69. The zero-order chi connectivity index (χ0) is 12.0. The fourth-order valence-corrected chi connectivity index (χ4v) is 2.19. The molecule has 0 saturated heterocycles. The maximum absolute atomic E-state index is 5.38. The van der Waals surface area contributed by atoms with Gasteiger partial charge in [-0.05, 0) is 33.4 Å². The lowest BCUT2D eigenvalue weighted by molar-refractivity contribution is 0.0185. The molecule has 1 heterocycles. The monoisotopic (exact) mass is 243 g/mol. The predicted molar refractivity (Wildman–Crippen MR) is 66.8 cm³/mol. The van der Waals surface area contributed by atoms with Crippen molar-refractivity contribution in [1.29, 1.82) is 0 Å². The summed E-state index contributed by atoms with van der Waals surface area (Å²) in [5, 5.41) is 13.7. The summed E-state index contributed by atoms with van der Waals surface area (Å²) in [6.07, 6.45) is 2.10. The molecule has 0 spiro atoms. The highest BCUT2D eigenvalue weighted by Crippen LogP contribution is 2.26. The Hall–Kier alpha value is -0.520. The molecule has 0 aromatic carbocycles. The molecule has 1 N–H and O–H groups in total. The minimum Gasteiger partial charge on any atom is -0.372 e. The van der Waals surface area contributed by atoms with Crippen LogP contribution in [0.5, 0.6) is 0 Å². The van der Waals surface area contributed by atoms with Gasteiger partial charge in [0.25, 0.3) is 0 Å². The van der Waals surface area contributed by atoms with E-state index in [1.54, 1.807) is 18.4 Å². The van der Waals surface area contributed by atoms with Gasteiger partial charge >= 0.3 is 0 Å². The van der Waals surface area contributed by atoms with E-state index in [-0.39, 0.29) is 5.60 Å². The SMILES string of the molecule is CCNCCCc1nnc(C(C)(C)OC)s1. The van der Waals surface area contributed by atoms with E-state index in [1.807, 2.05) is 13.8 Å². The lowest BCUT2D eigenvalue weighted by Crippen LogP contribution is -2.18. The molecule has 0 atom stereocenters. The lowest BCUT2D eigenvalue weighted by Gasteiger charge is -2.18. The van der Waals surface area contributed by atoms with Crippen molar-refractivity contribution in [2.75, 3.05) is 20.2 Å². The van der Waals surface area contributed by atoms with Crippen molar-refractivity contribution >= 4 is 11.3 Å². The van der Waals surface area contributed by atoms with Crippen molar-refractivity contribution in [3.63, 3.8) is 0 Å². The van der Waals surface area contributed by atoms with Crippen molar-refractivity contribution in [3.05, 3.63) is 10.0 Å². The molecule has 0 fully saturated rings. The molecule has 0 radical (unpaired) electrons. The van der Waals surface area contributed by atoms with Gasteiger partial charge in [0.2, 0.25) is 0 Å². The van der Waals surface area contributed by atoms with Crippen molar-refractivity contribution < 1.29 is 4.74 Å². The third-order valence-corrected chi connectivity index (χ3v) is 3.77. The van der Waals surface area contributed by atoms with Crippen molar-refractivity contribution in [2.45, 2.75) is 39.2 Å². The molecule has 16 heavy (non-hydrogen) atoms. The second-order valence-electron chi connectivity index (χ2n) is 4.17. The van der Waals surface area contributed by atoms with E-state index in [0.717, 1.165) is 35.9 Å². The summed E-state index contributed by atoms with van der Waals surface area (Å²) in [4.78, 5) is 0. The van der Waals surface area contributed by atoms with Crippen molar-refractivity contribution in [3.8, 4) is 0 Å². The number of hydrogen-bond acceptors (Lipinski definition) is 5. The molecular weight excluding hydrogens is 222 g/mol. The van der Waals surface area contributed by atoms with Crippen LogP contribution < -0.4 is 5.32 Å². The van der Waals surface area contributed by atoms with Crippen LogP contribution in [0, 0.1) is 0 Å². The number of nitrogens with one attached hydrogen (secondary N) is 1. The maximum atomic E-state index is 5.38. The average molecular weight is 243 g/mol. The van der Waals surface area contributed by atoms with Crippen LogP contribution in [0.25, 0.3) is 0 Å². The van der Waals surface area contributed by atoms with Gasteiger partial charge in [-0.15, -0.1) is 10.2 Å². The van der Waals surface area contributed by atoms with Gasteiger partial charge in [0.1, 0.15) is 15.6 Å². The van der Waals surface area contributed by atoms with E-state index in [4.69, 9.17) is 4.74 Å². The summed E-state index contributed by atoms with van der Waals surface area (Å²) in [7, 11) is 1.70. The molecule has 1 rings (SSSR count). The Balaban J connectivity index is 2.45. The average Bonchev–Trinajstić information content (AvgIpc) is 2.74. The van der Waals surface area contributed by atoms with Gasteiger partial charge in [-0.25, -0.2) is 0 Å². The quantitative estimate of drug-likeness (QED) is 0.744. The normalized spacial score (nSPS) is 12.0. The van der Waals surface area contributed by atoms with Crippen LogP contribution >= 0.6 is 11.3 Å². The Morgan fingerprint density at radius 3 is 2.75 bits per heavy atom. The third-order valence-electron chi connectivity index (χ3n) is 2.49. The third kappa shape index (κ3) is 3.81. The molecule has 0 unspecified atom stereocenters. The molecule has 4 nitrogen and oxygen atoms in total. The van der Waals surface area contributed by atoms with Crippen molar-refractivity contribution in [2.24, 2.45) is 0 Å². The number of hydrogen-bond donors (Lipinski definition) is 1. The number of nitrogens with zero attached hydrogens (tertiary/aromatic N) is 2. The summed E-state index contributed by atoms with van der Waals surface area (Å²) in [5.74, 6) is 0. The molecule has 0 aliphatic rings. The topological polar surface area (TPSA) is 47.0 Å². The van der Waals surface area contributed by atoms with Gasteiger partial charge in [-0.3, -0.25) is 0 Å². The van der Waals surface area contributed by atoms with Gasteiger partial charge in [0.15, 0.2) is 0 Å². The molecule has 5 heteroatoms. The Kier molecular flexibility index (Phi) is 5.31. The number of aromatic nitrogens is 2. The van der Waals surface area contributed by atoms with Gasteiger partial charge in [-0.1, -0.05) is 18.3 Å². The minimum atomic E-state index is -0.322. The van der Waals surface area contributed by atoms with E-state index >= 15 is 0 Å². The van der Waals surface area contributed by atoms with Crippen LogP contribution in [-0.2, 0) is 16.8 Å². The van der Waals surface area contributed by atoms with Crippen LogP contribution in [0.1, 0.15) is 37.2 Å². The summed E-state index contributed by atoms with van der Waals surface area (Å²) >= 11 is 1.65. The standard InChI is InChI=1S/C11H21N3OS/c1-5-12-8-6-7-9-13-14-10(16-9)11(2,3)15-4/h12H,5-8H2,1-4H3. The largest absolute Gasteiger partial charge is 0.372 e. The van der Waals surface area contributed by atoms with E-state index in [0.29, 0.717) is 0 Å². The molecule has 1 aromatic rings. The number of rotatable bonds is 7. The Morgan fingerprint density at radius 2 is 2.12 bits per heavy atom. The van der Waals surface area contributed by atoms with Crippen molar-refractivity contribution in [1.82, 2.24) is 15.5 Å². The molecule has 0 aliphatic carbocycles. The fourth-order valence-electron chi connectivity index (χ4n) is 1.23.